The molecule has 1 saturated heterocycles. The highest BCUT2D eigenvalue weighted by atomic mass is 16.3. The quantitative estimate of drug-likeness (QED) is 0.490. The van der Waals surface area contributed by atoms with Gasteiger partial charge in [0.15, 0.2) is 0 Å². The fourth-order valence-corrected chi connectivity index (χ4v) is 3.98. The number of nitrogens with one attached hydrogen (secondary N) is 3. The van der Waals surface area contributed by atoms with Crippen LogP contribution in [0.5, 0.6) is 5.75 Å². The summed E-state index contributed by atoms with van der Waals surface area (Å²) in [6.45, 7) is 6.42. The van der Waals surface area contributed by atoms with Crippen molar-refractivity contribution in [1.29, 1.82) is 0 Å². The Bertz CT molecular complexity index is 989. The van der Waals surface area contributed by atoms with E-state index in [1.165, 1.54) is 24.0 Å². The average molecular weight is 389 g/mol. The molecule has 0 saturated carbocycles. The molecule has 1 aliphatic heterocycles. The van der Waals surface area contributed by atoms with Crippen molar-refractivity contribution in [2.24, 2.45) is 0 Å². The standard InChI is InChI=1S/C22H26N4O.C2H2/c1-14(19-4-3-17(10-22(19)27)18-11-25-26-12-18)9-21-15(2)20(13-24-21)16-5-7-23-8-6-16;1-2/h3-4,9-13,16,23-24,27H,5-8H2,1-2H3,(H,25,26);1-2H/b14-9+;. The normalized spacial score (nSPS) is 15.0. The Morgan fingerprint density at radius 2 is 1.93 bits per heavy atom. The van der Waals surface area contributed by atoms with Crippen LogP contribution in [-0.2, 0) is 0 Å². The van der Waals surface area contributed by atoms with E-state index >= 15 is 0 Å². The summed E-state index contributed by atoms with van der Waals surface area (Å²) >= 11 is 0. The van der Waals surface area contributed by atoms with Crippen LogP contribution >= 0.6 is 0 Å². The molecule has 4 N–H and O–H groups in total. The van der Waals surface area contributed by atoms with Crippen LogP contribution in [0.3, 0.4) is 0 Å². The van der Waals surface area contributed by atoms with Crippen molar-refractivity contribution in [3.63, 3.8) is 0 Å². The molecule has 3 heterocycles. The largest absolute Gasteiger partial charge is 0.507 e. The molecule has 1 aromatic carbocycles. The number of hydrogen-bond acceptors (Lipinski definition) is 3. The number of nitrogens with zero attached hydrogens (tertiary/aromatic N) is 1. The van der Waals surface area contributed by atoms with Gasteiger partial charge >= 0.3 is 0 Å². The molecular weight excluding hydrogens is 360 g/mol. The molecule has 1 aliphatic rings. The SMILES string of the molecule is C#C.C/C(=C\c1[nH]cc(C2CCNCC2)c1C)c1ccc(-c2cn[nH]c2)cc1O. The molecule has 5 heteroatoms. The molecular formula is C24H28N4O. The minimum Gasteiger partial charge on any atom is -0.507 e. The van der Waals surface area contributed by atoms with Gasteiger partial charge in [0, 0.05) is 29.2 Å². The highest BCUT2D eigenvalue weighted by molar-refractivity contribution is 5.84. The lowest BCUT2D eigenvalue weighted by Gasteiger charge is -2.22. The highest BCUT2D eigenvalue weighted by Gasteiger charge is 2.19. The van der Waals surface area contributed by atoms with Gasteiger partial charge in [-0.3, -0.25) is 5.10 Å². The zero-order chi connectivity index (χ0) is 20.8. The van der Waals surface area contributed by atoms with Crippen molar-refractivity contribution in [2.75, 3.05) is 13.1 Å². The van der Waals surface area contributed by atoms with Gasteiger partial charge in [0.05, 0.1) is 6.20 Å². The Labute approximate surface area is 172 Å². The Morgan fingerprint density at radius 3 is 2.59 bits per heavy atom. The van der Waals surface area contributed by atoms with E-state index in [1.807, 2.05) is 25.3 Å². The molecule has 150 valence electrons. The van der Waals surface area contributed by atoms with Gasteiger partial charge < -0.3 is 15.4 Å². The first-order valence-electron chi connectivity index (χ1n) is 9.86. The van der Waals surface area contributed by atoms with E-state index in [1.54, 1.807) is 12.3 Å². The number of rotatable bonds is 4. The molecule has 0 unspecified atom stereocenters. The fourth-order valence-electron chi connectivity index (χ4n) is 3.98. The van der Waals surface area contributed by atoms with Gasteiger partial charge in [-0.2, -0.15) is 5.10 Å². The summed E-state index contributed by atoms with van der Waals surface area (Å²) in [7, 11) is 0. The molecule has 0 amide bonds. The van der Waals surface area contributed by atoms with Crippen molar-refractivity contribution >= 4 is 11.6 Å². The first-order chi connectivity index (χ1) is 14.1. The summed E-state index contributed by atoms with van der Waals surface area (Å²) in [4.78, 5) is 3.43. The third-order valence-electron chi connectivity index (χ3n) is 5.61. The summed E-state index contributed by atoms with van der Waals surface area (Å²) in [5.41, 5.74) is 7.66. The van der Waals surface area contributed by atoms with E-state index in [2.05, 4.69) is 52.5 Å². The summed E-state index contributed by atoms with van der Waals surface area (Å²) < 4.78 is 0. The molecule has 0 spiro atoms. The third-order valence-corrected chi connectivity index (χ3v) is 5.61. The second-order valence-electron chi connectivity index (χ2n) is 7.35. The van der Waals surface area contributed by atoms with Gasteiger partial charge in [0.2, 0.25) is 0 Å². The Balaban J connectivity index is 0.00000117. The maximum absolute atomic E-state index is 10.5. The van der Waals surface area contributed by atoms with Crippen LogP contribution in [0.1, 0.15) is 48.1 Å². The van der Waals surface area contributed by atoms with Gasteiger partial charge in [0.25, 0.3) is 0 Å². The smallest absolute Gasteiger partial charge is 0.123 e. The lowest BCUT2D eigenvalue weighted by atomic mass is 9.89. The van der Waals surface area contributed by atoms with Crippen molar-refractivity contribution < 1.29 is 5.11 Å². The molecule has 2 aromatic heterocycles. The van der Waals surface area contributed by atoms with E-state index in [0.717, 1.165) is 41.0 Å². The number of aromatic amines is 2. The van der Waals surface area contributed by atoms with Crippen molar-refractivity contribution in [2.45, 2.75) is 32.6 Å². The second-order valence-corrected chi connectivity index (χ2v) is 7.35. The van der Waals surface area contributed by atoms with Gasteiger partial charge in [-0.1, -0.05) is 12.1 Å². The summed E-state index contributed by atoms with van der Waals surface area (Å²) in [6, 6.07) is 5.77. The van der Waals surface area contributed by atoms with E-state index in [9.17, 15) is 5.11 Å². The van der Waals surface area contributed by atoms with Crippen molar-refractivity contribution in [3.8, 4) is 29.7 Å². The molecule has 0 bridgehead atoms. The molecule has 29 heavy (non-hydrogen) atoms. The summed E-state index contributed by atoms with van der Waals surface area (Å²) in [5, 5.41) is 20.7. The molecule has 0 atom stereocenters. The number of phenols is 1. The predicted molar refractivity (Wildman–Crippen MR) is 119 cm³/mol. The van der Waals surface area contributed by atoms with Crippen LogP contribution in [0.25, 0.3) is 22.8 Å². The monoisotopic (exact) mass is 388 g/mol. The zero-order valence-corrected chi connectivity index (χ0v) is 17.0. The lowest BCUT2D eigenvalue weighted by molar-refractivity contribution is 0.459. The first-order valence-corrected chi connectivity index (χ1v) is 9.86. The molecule has 1 fully saturated rings. The van der Waals surface area contributed by atoms with Crippen LogP contribution in [-0.4, -0.2) is 33.4 Å². The van der Waals surface area contributed by atoms with Gasteiger partial charge in [0.1, 0.15) is 5.75 Å². The molecule has 3 aromatic rings. The number of terminal acetylenes is 1. The number of H-pyrrole nitrogens is 2. The summed E-state index contributed by atoms with van der Waals surface area (Å²) in [5.74, 6) is 0.915. The Kier molecular flexibility index (Phi) is 6.58. The average Bonchev–Trinajstić information content (AvgIpc) is 3.41. The number of aromatic nitrogens is 3. The summed E-state index contributed by atoms with van der Waals surface area (Å²) in [6.07, 6.45) is 18.2. The molecule has 4 rings (SSSR count). The maximum Gasteiger partial charge on any atom is 0.123 e. The number of benzene rings is 1. The minimum atomic E-state index is 0.283. The molecule has 5 nitrogen and oxygen atoms in total. The number of aromatic hydroxyl groups is 1. The highest BCUT2D eigenvalue weighted by Crippen LogP contribution is 2.33. The number of allylic oxidation sites excluding steroid dienone is 1. The van der Waals surface area contributed by atoms with Gasteiger partial charge in [-0.15, -0.1) is 12.8 Å². The van der Waals surface area contributed by atoms with Crippen molar-refractivity contribution in [3.05, 3.63) is 59.2 Å². The van der Waals surface area contributed by atoms with Gasteiger partial charge in [-0.25, -0.2) is 0 Å². The molecule has 0 aliphatic carbocycles. The topological polar surface area (TPSA) is 76.7 Å². The fraction of sp³-hybridized carbons (Fsp3) is 0.292. The lowest BCUT2D eigenvalue weighted by Crippen LogP contribution is -2.26. The maximum atomic E-state index is 10.5. The van der Waals surface area contributed by atoms with Crippen LogP contribution in [0.4, 0.5) is 0 Å². The van der Waals surface area contributed by atoms with E-state index in [0.29, 0.717) is 5.92 Å². The third kappa shape index (κ3) is 4.44. The Morgan fingerprint density at radius 1 is 1.17 bits per heavy atom. The predicted octanol–water partition coefficient (Wildman–Crippen LogP) is 4.70. The Hall–Kier alpha value is -3.23. The van der Waals surface area contributed by atoms with Crippen molar-refractivity contribution in [1.82, 2.24) is 20.5 Å². The second kappa shape index (κ2) is 9.31. The molecule has 0 radical (unpaired) electrons. The first kappa shape index (κ1) is 20.5. The van der Waals surface area contributed by atoms with Crippen LogP contribution in [0.15, 0.2) is 36.8 Å². The number of phenolic OH excluding ortho intramolecular Hbond substituents is 1. The van der Waals surface area contributed by atoms with Gasteiger partial charge in [-0.05, 0) is 80.1 Å². The number of piperidine rings is 1. The van der Waals surface area contributed by atoms with Crippen LogP contribution in [0.2, 0.25) is 0 Å². The van der Waals surface area contributed by atoms with Crippen LogP contribution in [0, 0.1) is 19.8 Å². The van der Waals surface area contributed by atoms with E-state index in [4.69, 9.17) is 0 Å². The van der Waals surface area contributed by atoms with E-state index in [-0.39, 0.29) is 5.75 Å². The number of hydrogen-bond donors (Lipinski definition) is 4. The van der Waals surface area contributed by atoms with Crippen LogP contribution < -0.4 is 5.32 Å². The zero-order valence-electron chi connectivity index (χ0n) is 17.0. The minimum absolute atomic E-state index is 0.283. The van der Waals surface area contributed by atoms with E-state index < -0.39 is 0 Å².